The zero-order valence-electron chi connectivity index (χ0n) is 12.7. The number of carbonyl (C=O) groups excluding carboxylic acids is 1. The summed E-state index contributed by atoms with van der Waals surface area (Å²) in [6.07, 6.45) is 5.09. The molecule has 0 spiro atoms. The van der Waals surface area contributed by atoms with Gasteiger partial charge in [-0.25, -0.2) is 0 Å². The molecule has 1 atom stereocenters. The predicted molar refractivity (Wildman–Crippen MR) is 84.1 cm³/mol. The molecule has 2 rings (SSSR count). The van der Waals surface area contributed by atoms with Crippen molar-refractivity contribution in [1.29, 1.82) is 0 Å². The van der Waals surface area contributed by atoms with Crippen LogP contribution in [0.4, 0.5) is 0 Å². The first-order valence-corrected chi connectivity index (χ1v) is 7.62. The lowest BCUT2D eigenvalue weighted by Gasteiger charge is -2.24. The second-order valence-electron chi connectivity index (χ2n) is 5.25. The van der Waals surface area contributed by atoms with Crippen LogP contribution in [0.25, 0.3) is 0 Å². The van der Waals surface area contributed by atoms with Crippen molar-refractivity contribution in [1.82, 2.24) is 10.2 Å². The topological polar surface area (TPSA) is 41.6 Å². The minimum atomic E-state index is -0.0113. The van der Waals surface area contributed by atoms with Crippen LogP contribution in [0.1, 0.15) is 37.9 Å². The average Bonchev–Trinajstić information content (AvgIpc) is 2.87. The third-order valence-electron chi connectivity index (χ3n) is 3.64. The van der Waals surface area contributed by atoms with Crippen molar-refractivity contribution >= 4 is 5.91 Å². The van der Waals surface area contributed by atoms with Crippen molar-refractivity contribution in [2.45, 2.75) is 32.4 Å². The number of hydrogen-bond donors (Lipinski definition) is 1. The Kier molecular flexibility index (Phi) is 5.81. The summed E-state index contributed by atoms with van der Waals surface area (Å²) in [7, 11) is 0. The van der Waals surface area contributed by atoms with Gasteiger partial charge in [0, 0.05) is 6.54 Å². The fourth-order valence-electron chi connectivity index (χ4n) is 2.52. The molecule has 1 aromatic carbocycles. The van der Waals surface area contributed by atoms with Crippen LogP contribution in [0.5, 0.6) is 5.75 Å². The number of nitrogens with one attached hydrogen (secondary N) is 1. The third-order valence-corrected chi connectivity index (χ3v) is 3.64. The van der Waals surface area contributed by atoms with Gasteiger partial charge in [0.05, 0.1) is 6.54 Å². The molecule has 1 unspecified atom stereocenters. The normalized spacial score (nSPS) is 18.0. The minimum Gasteiger partial charge on any atom is -0.490 e. The lowest BCUT2D eigenvalue weighted by atomic mass is 10.1. The molecule has 4 nitrogen and oxygen atoms in total. The van der Waals surface area contributed by atoms with Crippen LogP contribution in [0.2, 0.25) is 0 Å². The van der Waals surface area contributed by atoms with E-state index >= 15 is 0 Å². The van der Waals surface area contributed by atoms with E-state index < -0.39 is 0 Å². The summed E-state index contributed by atoms with van der Waals surface area (Å²) in [4.78, 5) is 13.9. The van der Waals surface area contributed by atoms with Gasteiger partial charge in [0.2, 0.25) is 5.91 Å². The summed E-state index contributed by atoms with van der Waals surface area (Å²) in [6.45, 7) is 7.54. The standard InChI is InChI=1S/C17H24N2O2/c1-3-5-6-11-19-16(20)13-18-17(19)14-7-9-15(10-8-14)21-12-4-2/h4,7-10,17-18H,2-3,5-6,11-13H2,1H3. The van der Waals surface area contributed by atoms with Crippen molar-refractivity contribution in [3.8, 4) is 5.75 Å². The highest BCUT2D eigenvalue weighted by atomic mass is 16.5. The second-order valence-corrected chi connectivity index (χ2v) is 5.25. The molecule has 0 saturated carbocycles. The molecular formula is C17H24N2O2. The molecule has 1 aliphatic rings. The Hall–Kier alpha value is -1.81. The van der Waals surface area contributed by atoms with Crippen LogP contribution in [0, 0.1) is 0 Å². The maximum atomic E-state index is 12.0. The van der Waals surface area contributed by atoms with E-state index in [0.29, 0.717) is 13.2 Å². The molecule has 1 saturated heterocycles. The lowest BCUT2D eigenvalue weighted by Crippen LogP contribution is -2.31. The summed E-state index contributed by atoms with van der Waals surface area (Å²) in [5.41, 5.74) is 1.10. The Morgan fingerprint density at radius 1 is 1.38 bits per heavy atom. The van der Waals surface area contributed by atoms with Crippen LogP contribution < -0.4 is 10.1 Å². The van der Waals surface area contributed by atoms with Gasteiger partial charge in [0.15, 0.2) is 0 Å². The molecule has 21 heavy (non-hydrogen) atoms. The Bertz CT molecular complexity index is 470. The first kappa shape index (κ1) is 15.6. The molecule has 1 fully saturated rings. The quantitative estimate of drug-likeness (QED) is 0.591. The molecule has 1 amide bonds. The second kappa shape index (κ2) is 7.84. The van der Waals surface area contributed by atoms with Gasteiger partial charge in [-0.2, -0.15) is 0 Å². The van der Waals surface area contributed by atoms with E-state index in [1.54, 1.807) is 6.08 Å². The van der Waals surface area contributed by atoms with Crippen molar-refractivity contribution in [3.63, 3.8) is 0 Å². The van der Waals surface area contributed by atoms with E-state index in [2.05, 4.69) is 18.8 Å². The van der Waals surface area contributed by atoms with Gasteiger partial charge < -0.3 is 9.64 Å². The number of carbonyl (C=O) groups is 1. The van der Waals surface area contributed by atoms with Crippen LogP contribution in [0.15, 0.2) is 36.9 Å². The molecule has 1 heterocycles. The first-order chi connectivity index (χ1) is 10.3. The molecule has 1 aromatic rings. The van der Waals surface area contributed by atoms with Gasteiger partial charge in [-0.05, 0) is 24.1 Å². The van der Waals surface area contributed by atoms with Gasteiger partial charge in [-0.15, -0.1) is 0 Å². The molecule has 0 bridgehead atoms. The maximum absolute atomic E-state index is 12.0. The van der Waals surface area contributed by atoms with E-state index in [4.69, 9.17) is 4.74 Å². The summed E-state index contributed by atoms with van der Waals surface area (Å²) in [6, 6.07) is 7.91. The zero-order valence-corrected chi connectivity index (χ0v) is 12.7. The van der Waals surface area contributed by atoms with Gasteiger partial charge in [-0.3, -0.25) is 10.1 Å². The number of ether oxygens (including phenoxy) is 1. The number of nitrogens with zero attached hydrogens (tertiary/aromatic N) is 1. The summed E-state index contributed by atoms with van der Waals surface area (Å²) in [5.74, 6) is 1.00. The first-order valence-electron chi connectivity index (χ1n) is 7.62. The Labute approximate surface area is 126 Å². The molecule has 1 N–H and O–H groups in total. The van der Waals surface area contributed by atoms with Crippen LogP contribution in [0.3, 0.4) is 0 Å². The number of benzene rings is 1. The highest BCUT2D eigenvalue weighted by Crippen LogP contribution is 2.25. The molecule has 4 heteroatoms. The van der Waals surface area contributed by atoms with E-state index in [-0.39, 0.29) is 12.1 Å². The van der Waals surface area contributed by atoms with Gasteiger partial charge in [0.1, 0.15) is 18.5 Å². The highest BCUT2D eigenvalue weighted by Gasteiger charge is 2.30. The van der Waals surface area contributed by atoms with E-state index in [9.17, 15) is 4.79 Å². The number of unbranched alkanes of at least 4 members (excludes halogenated alkanes) is 2. The molecule has 1 aliphatic heterocycles. The van der Waals surface area contributed by atoms with E-state index in [1.165, 1.54) is 0 Å². The smallest absolute Gasteiger partial charge is 0.238 e. The summed E-state index contributed by atoms with van der Waals surface area (Å²) in [5, 5.41) is 3.28. The molecule has 114 valence electrons. The van der Waals surface area contributed by atoms with Crippen molar-refractivity contribution in [3.05, 3.63) is 42.5 Å². The fourth-order valence-corrected chi connectivity index (χ4v) is 2.52. The lowest BCUT2D eigenvalue weighted by molar-refractivity contribution is -0.128. The van der Waals surface area contributed by atoms with Crippen molar-refractivity contribution in [2.75, 3.05) is 19.7 Å². The van der Waals surface area contributed by atoms with Gasteiger partial charge in [0.25, 0.3) is 0 Å². The average molecular weight is 288 g/mol. The predicted octanol–water partition coefficient (Wildman–Crippen LogP) is 2.87. The molecular weight excluding hydrogens is 264 g/mol. The Morgan fingerprint density at radius 2 is 2.14 bits per heavy atom. The van der Waals surface area contributed by atoms with Crippen molar-refractivity contribution < 1.29 is 9.53 Å². The Morgan fingerprint density at radius 3 is 2.81 bits per heavy atom. The maximum Gasteiger partial charge on any atom is 0.238 e. The zero-order chi connectivity index (χ0) is 15.1. The van der Waals surface area contributed by atoms with Crippen LogP contribution in [-0.4, -0.2) is 30.5 Å². The highest BCUT2D eigenvalue weighted by molar-refractivity contribution is 5.80. The monoisotopic (exact) mass is 288 g/mol. The molecule has 0 aromatic heterocycles. The number of amides is 1. The Balaban J connectivity index is 2.01. The van der Waals surface area contributed by atoms with Crippen LogP contribution in [-0.2, 0) is 4.79 Å². The third kappa shape index (κ3) is 4.08. The van der Waals surface area contributed by atoms with Gasteiger partial charge >= 0.3 is 0 Å². The van der Waals surface area contributed by atoms with Crippen LogP contribution >= 0.6 is 0 Å². The fraction of sp³-hybridized carbons (Fsp3) is 0.471. The van der Waals surface area contributed by atoms with Gasteiger partial charge in [-0.1, -0.05) is 44.6 Å². The van der Waals surface area contributed by atoms with E-state index in [1.807, 2.05) is 29.2 Å². The van der Waals surface area contributed by atoms with E-state index in [0.717, 1.165) is 37.1 Å². The SMILES string of the molecule is C=CCOc1ccc(C2NCC(=O)N2CCCCC)cc1. The number of rotatable bonds is 8. The summed E-state index contributed by atoms with van der Waals surface area (Å²) < 4.78 is 5.48. The molecule has 0 radical (unpaired) electrons. The largest absolute Gasteiger partial charge is 0.490 e. The number of hydrogen-bond acceptors (Lipinski definition) is 3. The van der Waals surface area contributed by atoms with Crippen molar-refractivity contribution in [2.24, 2.45) is 0 Å². The minimum absolute atomic E-state index is 0.0113. The summed E-state index contributed by atoms with van der Waals surface area (Å²) >= 11 is 0. The molecule has 0 aliphatic carbocycles.